The monoisotopic (exact) mass is 297 g/mol. The highest BCUT2D eigenvalue weighted by atomic mass is 35.5. The molecule has 0 aromatic carbocycles. The molecule has 2 aliphatic heterocycles. The molecule has 2 heterocycles. The first-order valence-electron chi connectivity index (χ1n) is 6.53. The van der Waals surface area contributed by atoms with Crippen molar-refractivity contribution in [3.63, 3.8) is 0 Å². The van der Waals surface area contributed by atoms with E-state index in [4.69, 9.17) is 0 Å². The minimum Gasteiger partial charge on any atom is -0.314 e. The maximum absolute atomic E-state index is 12.6. The molecule has 2 saturated heterocycles. The molecule has 2 rings (SSSR count). The van der Waals surface area contributed by atoms with Gasteiger partial charge in [0.05, 0.1) is 0 Å². The van der Waals surface area contributed by atoms with Crippen molar-refractivity contribution in [2.45, 2.75) is 45.2 Å². The van der Waals surface area contributed by atoms with Crippen LogP contribution in [0.1, 0.15) is 33.1 Å². The van der Waals surface area contributed by atoms with E-state index in [1.807, 2.05) is 13.8 Å². The van der Waals surface area contributed by atoms with Crippen LogP contribution in [0.3, 0.4) is 0 Å². The summed E-state index contributed by atoms with van der Waals surface area (Å²) < 4.78 is 28.5. The predicted octanol–water partition coefficient (Wildman–Crippen LogP) is 0.821. The number of piperidine rings is 1. The Morgan fingerprint density at radius 3 is 2.33 bits per heavy atom. The summed E-state index contributed by atoms with van der Waals surface area (Å²) in [7, 11) is -3.26. The van der Waals surface area contributed by atoms with Crippen LogP contribution in [0.4, 0.5) is 0 Å². The fraction of sp³-hybridized carbons (Fsp3) is 1.00. The van der Waals surface area contributed by atoms with Gasteiger partial charge >= 0.3 is 0 Å². The molecule has 0 aromatic heterocycles. The van der Waals surface area contributed by atoms with Crippen LogP contribution < -0.4 is 5.32 Å². The van der Waals surface area contributed by atoms with Crippen molar-refractivity contribution < 1.29 is 8.42 Å². The molecule has 0 bridgehead atoms. The molecule has 0 aromatic rings. The number of hydrogen-bond acceptors (Lipinski definition) is 3. The number of nitrogens with zero attached hydrogens (tertiary/aromatic N) is 2. The summed E-state index contributed by atoms with van der Waals surface area (Å²) in [6, 6.07) is 0.207. The second-order valence-electron chi connectivity index (χ2n) is 5.13. The molecule has 18 heavy (non-hydrogen) atoms. The average Bonchev–Trinajstić information content (AvgIpc) is 2.29. The van der Waals surface area contributed by atoms with Crippen molar-refractivity contribution in [1.82, 2.24) is 13.9 Å². The lowest BCUT2D eigenvalue weighted by molar-refractivity contribution is 0.216. The van der Waals surface area contributed by atoms with Crippen LogP contribution in [0.25, 0.3) is 0 Å². The van der Waals surface area contributed by atoms with Crippen LogP contribution in [0, 0.1) is 0 Å². The van der Waals surface area contributed by atoms with Gasteiger partial charge in [-0.15, -0.1) is 12.4 Å². The summed E-state index contributed by atoms with van der Waals surface area (Å²) in [6.45, 7) is 6.77. The van der Waals surface area contributed by atoms with Crippen molar-refractivity contribution in [2.75, 3.05) is 26.2 Å². The maximum Gasteiger partial charge on any atom is 0.282 e. The van der Waals surface area contributed by atoms with Crippen molar-refractivity contribution >= 4 is 22.6 Å². The molecule has 7 heteroatoms. The molecular formula is C11H24ClN3O2S. The minimum absolute atomic E-state index is 0. The van der Waals surface area contributed by atoms with E-state index in [0.717, 1.165) is 32.4 Å². The molecule has 1 unspecified atom stereocenters. The number of rotatable bonds is 2. The van der Waals surface area contributed by atoms with Gasteiger partial charge in [-0.05, 0) is 26.7 Å². The fourth-order valence-electron chi connectivity index (χ4n) is 2.71. The largest absolute Gasteiger partial charge is 0.314 e. The van der Waals surface area contributed by atoms with Gasteiger partial charge in [0.25, 0.3) is 10.2 Å². The molecule has 0 spiro atoms. The Morgan fingerprint density at radius 2 is 1.72 bits per heavy atom. The molecule has 2 fully saturated rings. The number of halogens is 1. The second kappa shape index (κ2) is 6.52. The predicted molar refractivity (Wildman–Crippen MR) is 75.2 cm³/mol. The number of hydrogen-bond donors (Lipinski definition) is 1. The normalized spacial score (nSPS) is 31.9. The average molecular weight is 298 g/mol. The Hall–Kier alpha value is 0.120. The quantitative estimate of drug-likeness (QED) is 0.821. The van der Waals surface area contributed by atoms with Crippen LogP contribution >= 0.6 is 12.4 Å². The fourth-order valence-corrected chi connectivity index (χ4v) is 4.76. The Morgan fingerprint density at radius 1 is 1.06 bits per heavy atom. The second-order valence-corrected chi connectivity index (χ2v) is 6.96. The Kier molecular flexibility index (Phi) is 5.86. The molecular weight excluding hydrogens is 274 g/mol. The van der Waals surface area contributed by atoms with Crippen LogP contribution in [0.5, 0.6) is 0 Å². The highest BCUT2D eigenvalue weighted by Gasteiger charge is 2.37. The highest BCUT2D eigenvalue weighted by Crippen LogP contribution is 2.23. The molecule has 0 saturated carbocycles. The first-order chi connectivity index (χ1) is 8.03. The number of piperazine rings is 1. The van der Waals surface area contributed by atoms with E-state index >= 15 is 0 Å². The molecule has 108 valence electrons. The van der Waals surface area contributed by atoms with E-state index in [1.54, 1.807) is 8.61 Å². The summed E-state index contributed by atoms with van der Waals surface area (Å²) in [6.07, 6.45) is 3.12. The van der Waals surface area contributed by atoms with Gasteiger partial charge in [-0.3, -0.25) is 0 Å². The third kappa shape index (κ3) is 3.17. The van der Waals surface area contributed by atoms with Crippen molar-refractivity contribution in [1.29, 1.82) is 0 Å². The van der Waals surface area contributed by atoms with Crippen molar-refractivity contribution in [3.05, 3.63) is 0 Å². The summed E-state index contributed by atoms with van der Waals surface area (Å²) in [5.74, 6) is 0. The standard InChI is InChI=1S/C11H23N3O2S.ClH/c1-10-5-3-4-7-13(10)17(15,16)14-8-6-12-9-11(14)2;/h10-12H,3-9H2,1-2H3;1H/t10?,11-;/m0./s1. The lowest BCUT2D eigenvalue weighted by Crippen LogP contribution is -2.58. The molecule has 1 N–H and O–H groups in total. The third-order valence-electron chi connectivity index (χ3n) is 3.78. The molecule has 5 nitrogen and oxygen atoms in total. The van der Waals surface area contributed by atoms with Crippen LogP contribution in [-0.2, 0) is 10.2 Å². The zero-order chi connectivity index (χ0) is 12.5. The van der Waals surface area contributed by atoms with Gasteiger partial charge in [-0.1, -0.05) is 6.42 Å². The van der Waals surface area contributed by atoms with Gasteiger partial charge < -0.3 is 5.32 Å². The van der Waals surface area contributed by atoms with Gasteiger partial charge in [0.2, 0.25) is 0 Å². The van der Waals surface area contributed by atoms with Gasteiger partial charge in [0, 0.05) is 38.3 Å². The molecule has 2 atom stereocenters. The molecule has 2 aliphatic rings. The zero-order valence-corrected chi connectivity index (χ0v) is 12.8. The topological polar surface area (TPSA) is 52.7 Å². The maximum atomic E-state index is 12.6. The van der Waals surface area contributed by atoms with E-state index in [9.17, 15) is 8.42 Å². The van der Waals surface area contributed by atoms with Gasteiger partial charge in [-0.25, -0.2) is 0 Å². The number of nitrogens with one attached hydrogen (secondary N) is 1. The Labute approximate surface area is 116 Å². The van der Waals surface area contributed by atoms with Crippen LogP contribution in [-0.4, -0.2) is 55.3 Å². The lowest BCUT2D eigenvalue weighted by atomic mass is 10.1. The lowest BCUT2D eigenvalue weighted by Gasteiger charge is -2.40. The van der Waals surface area contributed by atoms with Gasteiger partial charge in [0.15, 0.2) is 0 Å². The SMILES string of the molecule is CC1CCCCN1S(=O)(=O)N1CCNC[C@@H]1C.Cl. The van der Waals surface area contributed by atoms with Gasteiger partial charge in [-0.2, -0.15) is 17.0 Å². The first kappa shape index (κ1) is 16.2. The summed E-state index contributed by atoms with van der Waals surface area (Å²) >= 11 is 0. The Bertz CT molecular complexity index is 335. The first-order valence-corrected chi connectivity index (χ1v) is 7.92. The van der Waals surface area contributed by atoms with Crippen LogP contribution in [0.2, 0.25) is 0 Å². The third-order valence-corrected chi connectivity index (χ3v) is 6.05. The molecule has 0 aliphatic carbocycles. The van der Waals surface area contributed by atoms with Gasteiger partial charge in [0.1, 0.15) is 0 Å². The smallest absolute Gasteiger partial charge is 0.282 e. The van der Waals surface area contributed by atoms with E-state index in [1.165, 1.54) is 0 Å². The minimum atomic E-state index is -3.26. The van der Waals surface area contributed by atoms with E-state index in [-0.39, 0.29) is 24.5 Å². The molecule has 0 radical (unpaired) electrons. The van der Waals surface area contributed by atoms with E-state index in [0.29, 0.717) is 13.1 Å². The van der Waals surface area contributed by atoms with Crippen molar-refractivity contribution in [3.8, 4) is 0 Å². The zero-order valence-electron chi connectivity index (χ0n) is 11.1. The van der Waals surface area contributed by atoms with Crippen LogP contribution in [0.15, 0.2) is 0 Å². The summed E-state index contributed by atoms with van der Waals surface area (Å²) in [5.41, 5.74) is 0. The highest BCUT2D eigenvalue weighted by molar-refractivity contribution is 7.86. The van der Waals surface area contributed by atoms with E-state index < -0.39 is 10.2 Å². The van der Waals surface area contributed by atoms with E-state index in [2.05, 4.69) is 5.32 Å². The Balaban J connectivity index is 0.00000162. The summed E-state index contributed by atoms with van der Waals surface area (Å²) in [4.78, 5) is 0. The summed E-state index contributed by atoms with van der Waals surface area (Å²) in [5, 5.41) is 3.23. The van der Waals surface area contributed by atoms with Crippen molar-refractivity contribution in [2.24, 2.45) is 0 Å². The molecule has 0 amide bonds.